The van der Waals surface area contributed by atoms with E-state index in [-0.39, 0.29) is 5.91 Å². The molecule has 1 aliphatic heterocycles. The molecule has 0 aliphatic carbocycles. The third-order valence-electron chi connectivity index (χ3n) is 4.50. The molecule has 1 aliphatic rings. The topological polar surface area (TPSA) is 38.8 Å². The van der Waals surface area contributed by atoms with Crippen LogP contribution in [0.5, 0.6) is 11.5 Å². The predicted octanol–water partition coefficient (Wildman–Crippen LogP) is 3.78. The largest absolute Gasteiger partial charge is 0.493 e. The van der Waals surface area contributed by atoms with Crippen molar-refractivity contribution in [2.24, 2.45) is 5.92 Å². The molecule has 128 valence electrons. The SMILES string of the molecule is COc1ccc(CC2CCN(C(=O)c3ccc(C)s3)C2)cc1OC. The van der Waals surface area contributed by atoms with E-state index in [1.165, 1.54) is 10.4 Å². The molecule has 0 radical (unpaired) electrons. The van der Waals surface area contributed by atoms with Crippen molar-refractivity contribution >= 4 is 17.2 Å². The Morgan fingerprint density at radius 2 is 2.00 bits per heavy atom. The average molecular weight is 345 g/mol. The summed E-state index contributed by atoms with van der Waals surface area (Å²) in [6.07, 6.45) is 2.00. The summed E-state index contributed by atoms with van der Waals surface area (Å²) < 4.78 is 10.7. The lowest BCUT2D eigenvalue weighted by Crippen LogP contribution is -2.28. The van der Waals surface area contributed by atoms with E-state index in [0.29, 0.717) is 5.92 Å². The van der Waals surface area contributed by atoms with Gasteiger partial charge in [-0.15, -0.1) is 11.3 Å². The Labute approximate surface area is 147 Å². The van der Waals surface area contributed by atoms with E-state index in [9.17, 15) is 4.79 Å². The molecule has 1 saturated heterocycles. The van der Waals surface area contributed by atoms with Crippen molar-refractivity contribution in [1.29, 1.82) is 0 Å². The van der Waals surface area contributed by atoms with Gasteiger partial charge in [0.2, 0.25) is 0 Å². The summed E-state index contributed by atoms with van der Waals surface area (Å²) in [5.41, 5.74) is 1.22. The number of carbonyl (C=O) groups is 1. The van der Waals surface area contributed by atoms with Crippen LogP contribution in [-0.2, 0) is 6.42 Å². The number of thiophene rings is 1. The van der Waals surface area contributed by atoms with E-state index in [1.807, 2.05) is 36.1 Å². The van der Waals surface area contributed by atoms with Crippen molar-refractivity contribution in [2.75, 3.05) is 27.3 Å². The van der Waals surface area contributed by atoms with Gasteiger partial charge in [0, 0.05) is 18.0 Å². The maximum Gasteiger partial charge on any atom is 0.263 e. The molecule has 1 unspecified atom stereocenters. The highest BCUT2D eigenvalue weighted by Crippen LogP contribution is 2.30. The molecular formula is C19H23NO3S. The summed E-state index contributed by atoms with van der Waals surface area (Å²) >= 11 is 1.58. The quantitative estimate of drug-likeness (QED) is 0.828. The summed E-state index contributed by atoms with van der Waals surface area (Å²) in [6, 6.07) is 10.00. The van der Waals surface area contributed by atoms with Crippen molar-refractivity contribution in [1.82, 2.24) is 4.90 Å². The first kappa shape index (κ1) is 16.8. The van der Waals surface area contributed by atoms with Gasteiger partial charge in [-0.1, -0.05) is 6.07 Å². The molecule has 5 heteroatoms. The number of carbonyl (C=O) groups excluding carboxylic acids is 1. The minimum absolute atomic E-state index is 0.169. The molecule has 24 heavy (non-hydrogen) atoms. The fourth-order valence-electron chi connectivity index (χ4n) is 3.23. The summed E-state index contributed by atoms with van der Waals surface area (Å²) in [4.78, 5) is 16.6. The van der Waals surface area contributed by atoms with E-state index in [0.717, 1.165) is 42.3 Å². The Bertz CT molecular complexity index is 725. The second-order valence-corrected chi connectivity index (χ2v) is 7.50. The third-order valence-corrected chi connectivity index (χ3v) is 5.49. The zero-order valence-electron chi connectivity index (χ0n) is 14.4. The number of benzene rings is 1. The van der Waals surface area contributed by atoms with Crippen LogP contribution in [0.1, 0.15) is 26.5 Å². The van der Waals surface area contributed by atoms with Crippen molar-refractivity contribution in [3.05, 3.63) is 45.6 Å². The smallest absolute Gasteiger partial charge is 0.263 e. The number of likely N-dealkylation sites (tertiary alicyclic amines) is 1. The zero-order chi connectivity index (χ0) is 17.1. The summed E-state index contributed by atoms with van der Waals surface area (Å²) in [6.45, 7) is 3.70. The van der Waals surface area contributed by atoms with Gasteiger partial charge in [0.1, 0.15) is 0 Å². The summed E-state index contributed by atoms with van der Waals surface area (Å²) in [5, 5.41) is 0. The number of rotatable bonds is 5. The number of nitrogens with zero attached hydrogens (tertiary/aromatic N) is 1. The third kappa shape index (κ3) is 3.56. The molecule has 1 aromatic carbocycles. The molecule has 4 nitrogen and oxygen atoms in total. The van der Waals surface area contributed by atoms with Gasteiger partial charge in [0.05, 0.1) is 19.1 Å². The van der Waals surface area contributed by atoms with Gasteiger partial charge in [0.15, 0.2) is 11.5 Å². The highest BCUT2D eigenvalue weighted by atomic mass is 32.1. The van der Waals surface area contributed by atoms with E-state index in [2.05, 4.69) is 6.07 Å². The first-order chi connectivity index (χ1) is 11.6. The first-order valence-electron chi connectivity index (χ1n) is 8.17. The van der Waals surface area contributed by atoms with Crippen LogP contribution in [0.15, 0.2) is 30.3 Å². The Hall–Kier alpha value is -2.01. The maximum atomic E-state index is 12.5. The van der Waals surface area contributed by atoms with Crippen LogP contribution >= 0.6 is 11.3 Å². The number of amides is 1. The van der Waals surface area contributed by atoms with Crippen LogP contribution in [0.2, 0.25) is 0 Å². The highest BCUT2D eigenvalue weighted by Gasteiger charge is 2.27. The van der Waals surface area contributed by atoms with Crippen molar-refractivity contribution in [3.8, 4) is 11.5 Å². The fraction of sp³-hybridized carbons (Fsp3) is 0.421. The fourth-order valence-corrected chi connectivity index (χ4v) is 4.07. The molecule has 1 amide bonds. The van der Waals surface area contributed by atoms with Gasteiger partial charge in [-0.25, -0.2) is 0 Å². The number of methoxy groups -OCH3 is 2. The maximum absolute atomic E-state index is 12.5. The van der Waals surface area contributed by atoms with Gasteiger partial charge in [0.25, 0.3) is 5.91 Å². The lowest BCUT2D eigenvalue weighted by atomic mass is 9.98. The van der Waals surface area contributed by atoms with Crippen LogP contribution in [-0.4, -0.2) is 38.1 Å². The van der Waals surface area contributed by atoms with E-state index in [4.69, 9.17) is 9.47 Å². The lowest BCUT2D eigenvalue weighted by Gasteiger charge is -2.16. The molecule has 0 spiro atoms. The second-order valence-electron chi connectivity index (χ2n) is 6.21. The van der Waals surface area contributed by atoms with Crippen molar-refractivity contribution < 1.29 is 14.3 Å². The van der Waals surface area contributed by atoms with Gasteiger partial charge >= 0.3 is 0 Å². The van der Waals surface area contributed by atoms with Gasteiger partial charge in [-0.05, 0) is 55.5 Å². The molecular weight excluding hydrogens is 322 g/mol. The second kappa shape index (κ2) is 7.26. The normalized spacial score (nSPS) is 17.1. The molecule has 1 aromatic heterocycles. The Kier molecular flexibility index (Phi) is 5.09. The number of hydrogen-bond acceptors (Lipinski definition) is 4. The Morgan fingerprint density at radius 3 is 2.67 bits per heavy atom. The number of aryl methyl sites for hydroxylation is 1. The van der Waals surface area contributed by atoms with Crippen LogP contribution in [0.4, 0.5) is 0 Å². The summed E-state index contributed by atoms with van der Waals surface area (Å²) in [7, 11) is 3.30. The predicted molar refractivity (Wildman–Crippen MR) is 96.3 cm³/mol. The molecule has 0 saturated carbocycles. The van der Waals surface area contributed by atoms with Crippen LogP contribution in [0.3, 0.4) is 0 Å². The summed E-state index contributed by atoms with van der Waals surface area (Å²) in [5.74, 6) is 2.17. The first-order valence-corrected chi connectivity index (χ1v) is 8.99. The van der Waals surface area contributed by atoms with Crippen LogP contribution in [0, 0.1) is 12.8 Å². The average Bonchev–Trinajstić information content (AvgIpc) is 3.23. The van der Waals surface area contributed by atoms with E-state index >= 15 is 0 Å². The monoisotopic (exact) mass is 345 g/mol. The molecule has 1 fully saturated rings. The van der Waals surface area contributed by atoms with Crippen LogP contribution in [0.25, 0.3) is 0 Å². The number of hydrogen-bond donors (Lipinski definition) is 0. The molecule has 2 aromatic rings. The Morgan fingerprint density at radius 1 is 1.21 bits per heavy atom. The van der Waals surface area contributed by atoms with E-state index in [1.54, 1.807) is 25.6 Å². The minimum Gasteiger partial charge on any atom is -0.493 e. The minimum atomic E-state index is 0.169. The van der Waals surface area contributed by atoms with Gasteiger partial charge in [-0.2, -0.15) is 0 Å². The Balaban J connectivity index is 1.63. The number of ether oxygens (including phenoxy) is 2. The molecule has 0 N–H and O–H groups in total. The van der Waals surface area contributed by atoms with Crippen molar-refractivity contribution in [3.63, 3.8) is 0 Å². The van der Waals surface area contributed by atoms with Crippen LogP contribution < -0.4 is 9.47 Å². The standard InChI is InChI=1S/C19H23NO3S/c1-13-4-7-18(24-13)19(21)20-9-8-15(12-20)10-14-5-6-16(22-2)17(11-14)23-3/h4-7,11,15H,8-10,12H2,1-3H3. The van der Waals surface area contributed by atoms with E-state index < -0.39 is 0 Å². The zero-order valence-corrected chi connectivity index (χ0v) is 15.2. The van der Waals surface area contributed by atoms with Gasteiger partial charge < -0.3 is 14.4 Å². The molecule has 3 rings (SSSR count). The highest BCUT2D eigenvalue weighted by molar-refractivity contribution is 7.13. The van der Waals surface area contributed by atoms with Crippen molar-refractivity contribution in [2.45, 2.75) is 19.8 Å². The molecule has 1 atom stereocenters. The molecule has 0 bridgehead atoms. The molecule has 2 heterocycles. The van der Waals surface area contributed by atoms with Gasteiger partial charge in [-0.3, -0.25) is 4.79 Å². The lowest BCUT2D eigenvalue weighted by molar-refractivity contribution is 0.0792.